The molecule has 0 bridgehead atoms. The number of carbonyl (C=O) groups is 2. The largest absolute Gasteiger partial charge is 0.591 e. The number of ether oxygens (including phenoxy) is 2. The molecule has 0 aromatic heterocycles. The highest BCUT2D eigenvalue weighted by atomic mass is 16.6. The Morgan fingerprint density at radius 1 is 0.719 bits per heavy atom. The summed E-state index contributed by atoms with van der Waals surface area (Å²) in [6.45, 7) is 5.46. The molecule has 0 radical (unpaired) electrons. The molecule has 3 aromatic rings. The van der Waals surface area contributed by atoms with E-state index in [0.717, 1.165) is 16.7 Å². The van der Waals surface area contributed by atoms with Crippen molar-refractivity contribution < 1.29 is 28.4 Å². The van der Waals surface area contributed by atoms with Gasteiger partial charge in [0.1, 0.15) is 24.5 Å². The molecule has 0 saturated carbocycles. The summed E-state index contributed by atoms with van der Waals surface area (Å²) in [4.78, 5) is 26.3. The standard InChI is InChI=1S/C25H23BO6/c1-16-17(2)22-23(32-26(3)31-22)21(25(28)30-15-19-12-8-5-9-13-19)20(16)24(27)29-14-18-10-6-4-7-11-18/h4-13H,14-15H2,1-3H3. The van der Waals surface area contributed by atoms with E-state index in [-0.39, 0.29) is 30.1 Å². The van der Waals surface area contributed by atoms with Gasteiger partial charge in [0.25, 0.3) is 0 Å². The van der Waals surface area contributed by atoms with Crippen molar-refractivity contribution in [2.45, 2.75) is 33.9 Å². The molecular weight excluding hydrogens is 407 g/mol. The molecule has 1 aliphatic heterocycles. The quantitative estimate of drug-likeness (QED) is 0.409. The van der Waals surface area contributed by atoms with Gasteiger partial charge in [-0.1, -0.05) is 60.7 Å². The normalized spacial score (nSPS) is 11.9. The lowest BCUT2D eigenvalue weighted by molar-refractivity contribution is 0.0422. The number of carbonyl (C=O) groups excluding carboxylic acids is 2. The van der Waals surface area contributed by atoms with E-state index < -0.39 is 19.1 Å². The Bertz CT molecular complexity index is 1140. The summed E-state index contributed by atoms with van der Waals surface area (Å²) in [5.74, 6) is -0.628. The SMILES string of the molecule is CB1Oc2c(C)c(C)c(C(=O)OCc3ccccc3)c(C(=O)OCc3ccccc3)c2O1. The van der Waals surface area contributed by atoms with Crippen LogP contribution in [0.25, 0.3) is 0 Å². The maximum absolute atomic E-state index is 13.2. The minimum absolute atomic E-state index is 0.0291. The van der Waals surface area contributed by atoms with Crippen molar-refractivity contribution in [3.63, 3.8) is 0 Å². The predicted molar refractivity (Wildman–Crippen MR) is 120 cm³/mol. The van der Waals surface area contributed by atoms with Crippen LogP contribution in [-0.2, 0) is 22.7 Å². The zero-order valence-electron chi connectivity index (χ0n) is 18.2. The molecule has 7 heteroatoms. The molecule has 0 atom stereocenters. The predicted octanol–water partition coefficient (Wildman–Crippen LogP) is 4.91. The van der Waals surface area contributed by atoms with Crippen LogP contribution in [-0.4, -0.2) is 19.1 Å². The van der Waals surface area contributed by atoms with Crippen LogP contribution in [0.15, 0.2) is 60.7 Å². The summed E-state index contributed by atoms with van der Waals surface area (Å²) >= 11 is 0. The van der Waals surface area contributed by atoms with E-state index in [9.17, 15) is 9.59 Å². The summed E-state index contributed by atoms with van der Waals surface area (Å²) < 4.78 is 22.6. The Kier molecular flexibility index (Phi) is 6.17. The highest BCUT2D eigenvalue weighted by Gasteiger charge is 2.38. The Labute approximate surface area is 187 Å². The van der Waals surface area contributed by atoms with Crippen molar-refractivity contribution in [3.8, 4) is 11.5 Å². The Hall–Kier alpha value is -3.74. The molecule has 0 saturated heterocycles. The van der Waals surface area contributed by atoms with Gasteiger partial charge >= 0.3 is 19.1 Å². The van der Waals surface area contributed by atoms with Gasteiger partial charge in [-0.25, -0.2) is 9.59 Å². The third kappa shape index (κ3) is 4.32. The first-order chi connectivity index (χ1) is 15.5. The van der Waals surface area contributed by atoms with E-state index in [0.29, 0.717) is 11.3 Å². The first kappa shape index (κ1) is 21.5. The number of hydrogen-bond acceptors (Lipinski definition) is 6. The van der Waals surface area contributed by atoms with E-state index in [1.54, 1.807) is 13.7 Å². The monoisotopic (exact) mass is 430 g/mol. The molecular formula is C25H23BO6. The topological polar surface area (TPSA) is 71.1 Å². The summed E-state index contributed by atoms with van der Waals surface area (Å²) in [5.41, 5.74) is 3.15. The summed E-state index contributed by atoms with van der Waals surface area (Å²) in [5, 5.41) is 0. The second kappa shape index (κ2) is 9.18. The summed E-state index contributed by atoms with van der Waals surface area (Å²) in [7, 11) is -0.584. The highest BCUT2D eigenvalue weighted by molar-refractivity contribution is 6.46. The molecule has 162 valence electrons. The van der Waals surface area contributed by atoms with Gasteiger partial charge < -0.3 is 18.8 Å². The van der Waals surface area contributed by atoms with Crippen LogP contribution in [0.3, 0.4) is 0 Å². The summed E-state index contributed by atoms with van der Waals surface area (Å²) in [6.07, 6.45) is 0. The van der Waals surface area contributed by atoms with Crippen LogP contribution in [0.1, 0.15) is 43.0 Å². The number of benzene rings is 3. The lowest BCUT2D eigenvalue weighted by Crippen LogP contribution is -2.20. The van der Waals surface area contributed by atoms with Gasteiger partial charge in [-0.3, -0.25) is 0 Å². The fourth-order valence-electron chi connectivity index (χ4n) is 3.59. The third-order valence-electron chi connectivity index (χ3n) is 5.36. The van der Waals surface area contributed by atoms with E-state index in [4.69, 9.17) is 18.8 Å². The van der Waals surface area contributed by atoms with Gasteiger partial charge in [0, 0.05) is 0 Å². The summed E-state index contributed by atoms with van der Waals surface area (Å²) in [6, 6.07) is 18.7. The van der Waals surface area contributed by atoms with Crippen LogP contribution >= 0.6 is 0 Å². The van der Waals surface area contributed by atoms with Crippen LogP contribution in [0.4, 0.5) is 0 Å². The minimum Gasteiger partial charge on any atom is -0.523 e. The van der Waals surface area contributed by atoms with E-state index >= 15 is 0 Å². The van der Waals surface area contributed by atoms with Crippen LogP contribution in [0, 0.1) is 13.8 Å². The van der Waals surface area contributed by atoms with Gasteiger partial charge in [0.15, 0.2) is 5.75 Å². The van der Waals surface area contributed by atoms with E-state index in [1.165, 1.54) is 0 Å². The lowest BCUT2D eigenvalue weighted by Gasteiger charge is -2.17. The molecule has 32 heavy (non-hydrogen) atoms. The molecule has 6 nitrogen and oxygen atoms in total. The van der Waals surface area contributed by atoms with Crippen molar-refractivity contribution in [1.29, 1.82) is 0 Å². The maximum atomic E-state index is 13.2. The van der Waals surface area contributed by atoms with Gasteiger partial charge in [-0.15, -0.1) is 0 Å². The molecule has 0 amide bonds. The second-order valence-corrected chi connectivity index (χ2v) is 7.59. The van der Waals surface area contributed by atoms with Crippen molar-refractivity contribution >= 4 is 19.1 Å². The maximum Gasteiger partial charge on any atom is 0.591 e. The minimum atomic E-state index is -0.669. The molecule has 0 fully saturated rings. The first-order valence-electron chi connectivity index (χ1n) is 10.4. The fourth-order valence-corrected chi connectivity index (χ4v) is 3.59. The van der Waals surface area contributed by atoms with Crippen molar-refractivity contribution in [1.82, 2.24) is 0 Å². The fraction of sp³-hybridized carbons (Fsp3) is 0.200. The number of esters is 2. The lowest BCUT2D eigenvalue weighted by atomic mass is 9.95. The van der Waals surface area contributed by atoms with Crippen molar-refractivity contribution in [2.75, 3.05) is 0 Å². The molecule has 3 aromatic carbocycles. The van der Waals surface area contributed by atoms with Crippen LogP contribution in [0.2, 0.25) is 6.82 Å². The smallest absolute Gasteiger partial charge is 0.523 e. The molecule has 1 heterocycles. The number of fused-ring (bicyclic) bond motifs is 1. The molecule has 0 N–H and O–H groups in total. The second-order valence-electron chi connectivity index (χ2n) is 7.59. The Morgan fingerprint density at radius 3 is 1.72 bits per heavy atom. The van der Waals surface area contributed by atoms with Gasteiger partial charge in [0.2, 0.25) is 0 Å². The molecule has 1 aliphatic rings. The Morgan fingerprint density at radius 2 is 1.19 bits per heavy atom. The Balaban J connectivity index is 1.68. The first-order valence-corrected chi connectivity index (χ1v) is 10.4. The van der Waals surface area contributed by atoms with Crippen molar-refractivity contribution in [3.05, 3.63) is 94.0 Å². The van der Waals surface area contributed by atoms with Gasteiger partial charge in [-0.05, 0) is 42.9 Å². The highest BCUT2D eigenvalue weighted by Crippen LogP contribution is 2.44. The number of hydrogen-bond donors (Lipinski definition) is 0. The molecule has 4 rings (SSSR count). The zero-order chi connectivity index (χ0) is 22.7. The molecule has 0 aliphatic carbocycles. The van der Waals surface area contributed by atoms with Gasteiger partial charge in [0.05, 0.1) is 5.56 Å². The average Bonchev–Trinajstić information content (AvgIpc) is 3.20. The van der Waals surface area contributed by atoms with Crippen LogP contribution < -0.4 is 9.31 Å². The third-order valence-corrected chi connectivity index (χ3v) is 5.36. The molecule has 0 unspecified atom stereocenters. The van der Waals surface area contributed by atoms with Crippen molar-refractivity contribution in [2.24, 2.45) is 0 Å². The van der Waals surface area contributed by atoms with E-state index in [1.807, 2.05) is 67.6 Å². The average molecular weight is 430 g/mol. The van der Waals surface area contributed by atoms with Gasteiger partial charge in [-0.2, -0.15) is 0 Å². The van der Waals surface area contributed by atoms with Crippen LogP contribution in [0.5, 0.6) is 11.5 Å². The number of rotatable bonds is 6. The zero-order valence-corrected chi connectivity index (χ0v) is 18.2. The van der Waals surface area contributed by atoms with E-state index in [2.05, 4.69) is 0 Å². The molecule has 0 spiro atoms.